The molecule has 2 aromatic carbocycles. The van der Waals surface area contributed by atoms with Gasteiger partial charge in [0, 0.05) is 10.8 Å². The maximum atomic E-state index is 7.21. The summed E-state index contributed by atoms with van der Waals surface area (Å²) in [6, 6.07) is 14.7. The van der Waals surface area contributed by atoms with E-state index >= 15 is 0 Å². The number of hydrogen-bond acceptors (Lipinski definition) is 1. The fourth-order valence-electron chi connectivity index (χ4n) is 3.14. The molecule has 0 fully saturated rings. The second-order valence-electron chi connectivity index (χ2n) is 5.78. The van der Waals surface area contributed by atoms with Crippen LogP contribution in [0.15, 0.2) is 54.0 Å². The van der Waals surface area contributed by atoms with Gasteiger partial charge in [0.05, 0.1) is 17.5 Å². The molecule has 23 heavy (non-hydrogen) atoms. The summed E-state index contributed by atoms with van der Waals surface area (Å²) < 4.78 is 3.47. The molecular formula is C20H15N2S+. The molecule has 0 spiro atoms. The average Bonchev–Trinajstić information content (AvgIpc) is 3.01. The van der Waals surface area contributed by atoms with Gasteiger partial charge in [0.25, 0.3) is 0 Å². The lowest BCUT2D eigenvalue weighted by Crippen LogP contribution is -2.30. The van der Waals surface area contributed by atoms with Crippen LogP contribution in [-0.2, 0) is 7.05 Å². The van der Waals surface area contributed by atoms with Gasteiger partial charge in [-0.15, -0.1) is 11.3 Å². The summed E-state index contributed by atoms with van der Waals surface area (Å²) in [6.07, 6.45) is 2.07. The van der Waals surface area contributed by atoms with E-state index in [-0.39, 0.29) is 0 Å². The molecule has 2 nitrogen and oxygen atoms in total. The van der Waals surface area contributed by atoms with Gasteiger partial charge in [-0.3, -0.25) is 0 Å². The Kier molecular flexibility index (Phi) is 3.14. The highest BCUT2D eigenvalue weighted by atomic mass is 32.1. The molecule has 0 aliphatic rings. The molecule has 2 heterocycles. The van der Waals surface area contributed by atoms with Gasteiger partial charge >= 0.3 is 0 Å². The Bertz CT molecular complexity index is 1100. The zero-order valence-corrected chi connectivity index (χ0v) is 13.8. The Balaban J connectivity index is 2.08. The van der Waals surface area contributed by atoms with Crippen LogP contribution in [-0.4, -0.2) is 0 Å². The third kappa shape index (κ3) is 2.19. The molecule has 0 N–H and O–H groups in total. The molecule has 0 aliphatic carbocycles. The second kappa shape index (κ2) is 5.19. The van der Waals surface area contributed by atoms with Crippen LogP contribution in [0.2, 0.25) is 0 Å². The number of hydrogen-bond donors (Lipinski definition) is 0. The van der Waals surface area contributed by atoms with Crippen LogP contribution in [0, 0.1) is 13.5 Å². The zero-order chi connectivity index (χ0) is 16.0. The molecule has 2 aromatic heterocycles. The van der Waals surface area contributed by atoms with Crippen LogP contribution in [0.5, 0.6) is 0 Å². The fraction of sp³-hybridized carbons (Fsp3) is 0.100. The summed E-state index contributed by atoms with van der Waals surface area (Å²) in [6.45, 7) is 9.37. The van der Waals surface area contributed by atoms with Crippen molar-refractivity contribution in [2.75, 3.05) is 0 Å². The SMILES string of the molecule is [C-]#[N+]c1ccc2c(-c3cc4sccc4cc3C)[n+](C)ccc2c1. The summed E-state index contributed by atoms with van der Waals surface area (Å²) in [5, 5.41) is 5.73. The van der Waals surface area contributed by atoms with Crippen molar-refractivity contribution in [3.63, 3.8) is 0 Å². The Labute approximate surface area is 139 Å². The van der Waals surface area contributed by atoms with Gasteiger partial charge in [0.2, 0.25) is 5.69 Å². The van der Waals surface area contributed by atoms with Gasteiger partial charge in [-0.25, -0.2) is 9.41 Å². The van der Waals surface area contributed by atoms with Gasteiger partial charge in [0.15, 0.2) is 11.9 Å². The number of nitrogens with zero attached hydrogens (tertiary/aromatic N) is 2. The minimum Gasteiger partial charge on any atom is -0.238 e. The summed E-state index contributed by atoms with van der Waals surface area (Å²) in [5.74, 6) is 0. The highest BCUT2D eigenvalue weighted by Gasteiger charge is 2.18. The molecule has 3 heteroatoms. The van der Waals surface area contributed by atoms with E-state index in [0.717, 1.165) is 5.39 Å². The van der Waals surface area contributed by atoms with Crippen LogP contribution in [0.25, 0.3) is 37.0 Å². The van der Waals surface area contributed by atoms with Crippen molar-refractivity contribution >= 4 is 37.9 Å². The van der Waals surface area contributed by atoms with Crippen molar-refractivity contribution in [3.8, 4) is 11.3 Å². The van der Waals surface area contributed by atoms with E-state index in [1.54, 1.807) is 11.3 Å². The van der Waals surface area contributed by atoms with Crippen LogP contribution in [0.4, 0.5) is 5.69 Å². The topological polar surface area (TPSA) is 8.24 Å². The second-order valence-corrected chi connectivity index (χ2v) is 6.73. The monoisotopic (exact) mass is 315 g/mol. The van der Waals surface area contributed by atoms with Gasteiger partial charge in [-0.1, -0.05) is 12.1 Å². The standard InChI is InChI=1S/C20H15N2S/c1-13-10-15-7-9-23-19(15)12-18(13)20-17-5-4-16(21-2)11-14(17)6-8-22(20)3/h4-12H,1,3H3/q+1. The minimum absolute atomic E-state index is 0.683. The highest BCUT2D eigenvalue weighted by molar-refractivity contribution is 7.17. The molecule has 0 bridgehead atoms. The Morgan fingerprint density at radius 2 is 1.91 bits per heavy atom. The third-order valence-corrected chi connectivity index (χ3v) is 5.18. The first-order valence-corrected chi connectivity index (χ1v) is 8.33. The maximum Gasteiger partial charge on any atom is 0.220 e. The lowest BCUT2D eigenvalue weighted by Gasteiger charge is -2.08. The number of benzene rings is 2. The van der Waals surface area contributed by atoms with Crippen molar-refractivity contribution in [2.24, 2.45) is 7.05 Å². The zero-order valence-electron chi connectivity index (χ0n) is 13.0. The van der Waals surface area contributed by atoms with Crippen LogP contribution in [0.3, 0.4) is 0 Å². The molecule has 4 rings (SSSR count). The molecule has 0 saturated heterocycles. The molecule has 0 unspecified atom stereocenters. The minimum atomic E-state index is 0.683. The molecular weight excluding hydrogens is 300 g/mol. The first-order chi connectivity index (χ1) is 11.2. The van der Waals surface area contributed by atoms with Gasteiger partial charge in [0.1, 0.15) is 7.05 Å². The van der Waals surface area contributed by atoms with Crippen LogP contribution >= 0.6 is 11.3 Å². The highest BCUT2D eigenvalue weighted by Crippen LogP contribution is 2.34. The Hall–Kier alpha value is -2.70. The van der Waals surface area contributed by atoms with E-state index < -0.39 is 0 Å². The van der Waals surface area contributed by atoms with Gasteiger partial charge < -0.3 is 0 Å². The quantitative estimate of drug-likeness (QED) is 0.328. The lowest BCUT2D eigenvalue weighted by atomic mass is 9.98. The lowest BCUT2D eigenvalue weighted by molar-refractivity contribution is -0.659. The van der Waals surface area contributed by atoms with E-state index in [9.17, 15) is 0 Å². The largest absolute Gasteiger partial charge is 0.238 e. The number of thiophene rings is 1. The summed E-state index contributed by atoms with van der Waals surface area (Å²) in [4.78, 5) is 3.54. The summed E-state index contributed by atoms with van der Waals surface area (Å²) in [5.41, 5.74) is 4.41. The third-order valence-electron chi connectivity index (χ3n) is 4.30. The normalized spacial score (nSPS) is 11.0. The summed E-state index contributed by atoms with van der Waals surface area (Å²) >= 11 is 1.77. The first-order valence-electron chi connectivity index (χ1n) is 7.45. The average molecular weight is 315 g/mol. The van der Waals surface area contributed by atoms with E-state index in [2.05, 4.69) is 65.3 Å². The smallest absolute Gasteiger partial charge is 0.220 e. The number of fused-ring (bicyclic) bond motifs is 2. The maximum absolute atomic E-state index is 7.21. The Morgan fingerprint density at radius 1 is 1.04 bits per heavy atom. The van der Waals surface area contributed by atoms with E-state index in [1.807, 2.05) is 12.1 Å². The van der Waals surface area contributed by atoms with E-state index in [1.165, 1.54) is 32.3 Å². The van der Waals surface area contributed by atoms with E-state index in [0.29, 0.717) is 5.69 Å². The van der Waals surface area contributed by atoms with Gasteiger partial charge in [-0.05, 0) is 52.9 Å². The summed E-state index contributed by atoms with van der Waals surface area (Å²) in [7, 11) is 2.08. The Morgan fingerprint density at radius 3 is 2.74 bits per heavy atom. The predicted molar refractivity (Wildman–Crippen MR) is 96.9 cm³/mol. The molecule has 0 amide bonds. The van der Waals surface area contributed by atoms with Crippen molar-refractivity contribution in [1.29, 1.82) is 0 Å². The number of rotatable bonds is 1. The molecule has 0 saturated carbocycles. The fourth-order valence-corrected chi connectivity index (χ4v) is 3.95. The molecule has 0 atom stereocenters. The van der Waals surface area contributed by atoms with Crippen LogP contribution in [0.1, 0.15) is 5.56 Å². The number of aryl methyl sites for hydroxylation is 2. The van der Waals surface area contributed by atoms with Crippen LogP contribution < -0.4 is 4.57 Å². The molecule has 0 aliphatic heterocycles. The van der Waals surface area contributed by atoms with Crippen molar-refractivity contribution in [1.82, 2.24) is 0 Å². The van der Waals surface area contributed by atoms with Crippen molar-refractivity contribution in [2.45, 2.75) is 6.92 Å². The van der Waals surface area contributed by atoms with Crippen molar-refractivity contribution < 1.29 is 4.57 Å². The number of pyridine rings is 1. The molecule has 0 radical (unpaired) electrons. The van der Waals surface area contributed by atoms with E-state index in [4.69, 9.17) is 6.57 Å². The predicted octanol–water partition coefficient (Wildman–Crippen LogP) is 5.41. The molecule has 110 valence electrons. The molecule has 4 aromatic rings. The van der Waals surface area contributed by atoms with Crippen molar-refractivity contribution in [3.05, 3.63) is 71.0 Å². The van der Waals surface area contributed by atoms with Gasteiger partial charge in [-0.2, -0.15) is 0 Å². The number of aromatic nitrogens is 1. The first kappa shape index (κ1) is 13.9.